The number of rotatable bonds is 6. The van der Waals surface area contributed by atoms with E-state index in [1.165, 1.54) is 0 Å². The Morgan fingerprint density at radius 2 is 2.15 bits per heavy atom. The molecule has 1 atom stereocenters. The fourth-order valence-electron chi connectivity index (χ4n) is 3.42. The quantitative estimate of drug-likeness (QED) is 0.756. The summed E-state index contributed by atoms with van der Waals surface area (Å²) in [4.78, 5) is 28.1. The molecule has 2 aromatic rings. The molecule has 0 unspecified atom stereocenters. The predicted octanol–water partition coefficient (Wildman–Crippen LogP) is 1.87. The molecule has 0 spiro atoms. The van der Waals surface area contributed by atoms with Crippen molar-refractivity contribution in [1.82, 2.24) is 20.3 Å². The summed E-state index contributed by atoms with van der Waals surface area (Å²) in [5, 5.41) is 11.8. The van der Waals surface area contributed by atoms with Crippen molar-refractivity contribution in [3.05, 3.63) is 35.8 Å². The van der Waals surface area contributed by atoms with Gasteiger partial charge in [0.2, 0.25) is 11.9 Å². The number of hydrogen-bond donors (Lipinski definition) is 2. The van der Waals surface area contributed by atoms with Gasteiger partial charge in [-0.2, -0.15) is 0 Å². The summed E-state index contributed by atoms with van der Waals surface area (Å²) >= 11 is 0. The van der Waals surface area contributed by atoms with Crippen molar-refractivity contribution in [2.75, 3.05) is 31.1 Å². The highest BCUT2D eigenvalue weighted by atomic mass is 16.3. The van der Waals surface area contributed by atoms with Crippen LogP contribution in [0.25, 0.3) is 11.3 Å². The Morgan fingerprint density at radius 1 is 1.30 bits per heavy atom. The third kappa shape index (κ3) is 4.80. The van der Waals surface area contributed by atoms with Crippen molar-refractivity contribution < 1.29 is 9.90 Å². The van der Waals surface area contributed by atoms with E-state index in [0.29, 0.717) is 25.5 Å². The van der Waals surface area contributed by atoms with Gasteiger partial charge in [0.15, 0.2) is 0 Å². The molecule has 3 rings (SSSR count). The molecule has 1 aliphatic heterocycles. The number of amides is 1. The molecular formula is C20H27N5O2. The van der Waals surface area contributed by atoms with Gasteiger partial charge in [0.25, 0.3) is 0 Å². The highest BCUT2D eigenvalue weighted by Gasteiger charge is 2.27. The molecule has 0 radical (unpaired) electrons. The molecule has 2 N–H and O–H groups in total. The lowest BCUT2D eigenvalue weighted by atomic mass is 9.97. The Morgan fingerprint density at radius 3 is 2.93 bits per heavy atom. The topological polar surface area (TPSA) is 91.2 Å². The van der Waals surface area contributed by atoms with Gasteiger partial charge in [-0.05, 0) is 51.3 Å². The standard InChI is InChI=1S/C20H27N5O2/c1-14-6-7-17(15(2)23-14)18-8-10-22-20(24-18)25-11-3-5-16(13-25)19(27)21-9-4-12-26/h6-8,10,16,26H,3-5,9,11-13H2,1-2H3,(H,21,27)/t16-/m0/s1. The molecule has 0 saturated carbocycles. The highest BCUT2D eigenvalue weighted by Crippen LogP contribution is 2.25. The van der Waals surface area contributed by atoms with Crippen LogP contribution in [0.2, 0.25) is 0 Å². The summed E-state index contributed by atoms with van der Waals surface area (Å²) < 4.78 is 0. The van der Waals surface area contributed by atoms with Crippen molar-refractivity contribution in [3.8, 4) is 11.3 Å². The minimum Gasteiger partial charge on any atom is -0.396 e. The van der Waals surface area contributed by atoms with Crippen LogP contribution in [-0.2, 0) is 4.79 Å². The summed E-state index contributed by atoms with van der Waals surface area (Å²) in [6, 6.07) is 5.92. The molecule has 7 nitrogen and oxygen atoms in total. The van der Waals surface area contributed by atoms with Crippen molar-refractivity contribution in [2.45, 2.75) is 33.1 Å². The van der Waals surface area contributed by atoms with Crippen LogP contribution in [0.3, 0.4) is 0 Å². The molecule has 3 heterocycles. The van der Waals surface area contributed by atoms with E-state index in [1.54, 1.807) is 6.20 Å². The minimum absolute atomic E-state index is 0.0443. The number of carbonyl (C=O) groups is 1. The number of aliphatic hydroxyl groups excluding tert-OH is 1. The van der Waals surface area contributed by atoms with Gasteiger partial charge in [-0.25, -0.2) is 9.97 Å². The number of carbonyl (C=O) groups excluding carboxylic acids is 1. The van der Waals surface area contributed by atoms with Gasteiger partial charge >= 0.3 is 0 Å². The van der Waals surface area contributed by atoms with Crippen LogP contribution in [0.1, 0.15) is 30.7 Å². The van der Waals surface area contributed by atoms with Gasteiger partial charge in [0.1, 0.15) is 0 Å². The van der Waals surface area contributed by atoms with Crippen molar-refractivity contribution >= 4 is 11.9 Å². The van der Waals surface area contributed by atoms with E-state index < -0.39 is 0 Å². The zero-order valence-corrected chi connectivity index (χ0v) is 16.0. The summed E-state index contributed by atoms with van der Waals surface area (Å²) in [6.07, 6.45) is 4.14. The van der Waals surface area contributed by atoms with Gasteiger partial charge in [0.05, 0.1) is 11.6 Å². The van der Waals surface area contributed by atoms with Crippen LogP contribution in [0, 0.1) is 19.8 Å². The van der Waals surface area contributed by atoms with E-state index in [1.807, 2.05) is 32.0 Å². The second-order valence-corrected chi connectivity index (χ2v) is 6.98. The van der Waals surface area contributed by atoms with E-state index in [4.69, 9.17) is 10.1 Å². The van der Waals surface area contributed by atoms with Crippen molar-refractivity contribution in [2.24, 2.45) is 5.92 Å². The molecule has 1 aliphatic rings. The maximum Gasteiger partial charge on any atom is 0.225 e. The first-order valence-electron chi connectivity index (χ1n) is 9.49. The van der Waals surface area contributed by atoms with Crippen LogP contribution in [0.15, 0.2) is 24.4 Å². The first-order chi connectivity index (χ1) is 13.1. The third-order valence-corrected chi connectivity index (χ3v) is 4.85. The van der Waals surface area contributed by atoms with Gasteiger partial charge in [0, 0.05) is 49.4 Å². The molecule has 0 bridgehead atoms. The summed E-state index contributed by atoms with van der Waals surface area (Å²) in [7, 11) is 0. The van der Waals surface area contributed by atoms with Gasteiger partial charge in [-0.3, -0.25) is 9.78 Å². The summed E-state index contributed by atoms with van der Waals surface area (Å²) in [5.41, 5.74) is 3.77. The number of hydrogen-bond acceptors (Lipinski definition) is 6. The number of nitrogens with zero attached hydrogens (tertiary/aromatic N) is 4. The Kier molecular flexibility index (Phi) is 6.34. The zero-order valence-electron chi connectivity index (χ0n) is 16.0. The van der Waals surface area contributed by atoms with Crippen molar-refractivity contribution in [3.63, 3.8) is 0 Å². The predicted molar refractivity (Wildman–Crippen MR) is 104 cm³/mol. The fraction of sp³-hybridized carbons (Fsp3) is 0.500. The number of piperidine rings is 1. The zero-order chi connectivity index (χ0) is 19.2. The van der Waals surface area contributed by atoms with Crippen LogP contribution in [0.5, 0.6) is 0 Å². The van der Waals surface area contributed by atoms with E-state index in [0.717, 1.165) is 42.0 Å². The Bertz CT molecular complexity index is 796. The number of aromatic nitrogens is 3. The van der Waals surface area contributed by atoms with Gasteiger partial charge in [-0.15, -0.1) is 0 Å². The Hall–Kier alpha value is -2.54. The SMILES string of the molecule is Cc1ccc(-c2ccnc(N3CCC[C@H](C(=O)NCCCO)C3)n2)c(C)n1. The first-order valence-corrected chi connectivity index (χ1v) is 9.49. The van der Waals surface area contributed by atoms with Crippen LogP contribution in [0.4, 0.5) is 5.95 Å². The van der Waals surface area contributed by atoms with E-state index in [-0.39, 0.29) is 18.4 Å². The maximum atomic E-state index is 12.3. The molecule has 7 heteroatoms. The van der Waals surface area contributed by atoms with Crippen molar-refractivity contribution in [1.29, 1.82) is 0 Å². The normalized spacial score (nSPS) is 17.0. The second-order valence-electron chi connectivity index (χ2n) is 6.98. The second kappa shape index (κ2) is 8.90. The van der Waals surface area contributed by atoms with Crippen LogP contribution >= 0.6 is 0 Å². The molecule has 27 heavy (non-hydrogen) atoms. The maximum absolute atomic E-state index is 12.3. The Labute approximate surface area is 159 Å². The van der Waals surface area contributed by atoms with Crippen LogP contribution in [-0.4, -0.2) is 52.2 Å². The smallest absolute Gasteiger partial charge is 0.225 e. The Balaban J connectivity index is 1.73. The number of aryl methyl sites for hydroxylation is 2. The molecule has 0 aliphatic carbocycles. The lowest BCUT2D eigenvalue weighted by Crippen LogP contribution is -2.44. The van der Waals surface area contributed by atoms with E-state index >= 15 is 0 Å². The highest BCUT2D eigenvalue weighted by molar-refractivity contribution is 5.79. The lowest BCUT2D eigenvalue weighted by Gasteiger charge is -2.32. The lowest BCUT2D eigenvalue weighted by molar-refractivity contribution is -0.125. The molecule has 0 aromatic carbocycles. The first kappa shape index (κ1) is 19.2. The average Bonchev–Trinajstić information content (AvgIpc) is 2.68. The molecular weight excluding hydrogens is 342 g/mol. The number of anilines is 1. The number of aliphatic hydroxyl groups is 1. The van der Waals surface area contributed by atoms with E-state index in [2.05, 4.69) is 20.2 Å². The van der Waals surface area contributed by atoms with Gasteiger partial charge in [-0.1, -0.05) is 0 Å². The fourth-order valence-corrected chi connectivity index (χ4v) is 3.42. The summed E-state index contributed by atoms with van der Waals surface area (Å²) in [5.74, 6) is 0.621. The minimum atomic E-state index is -0.0764. The monoisotopic (exact) mass is 369 g/mol. The average molecular weight is 369 g/mol. The van der Waals surface area contributed by atoms with Crippen LogP contribution < -0.4 is 10.2 Å². The third-order valence-electron chi connectivity index (χ3n) is 4.85. The largest absolute Gasteiger partial charge is 0.396 e. The van der Waals surface area contributed by atoms with Gasteiger partial charge < -0.3 is 15.3 Å². The number of nitrogens with one attached hydrogen (secondary N) is 1. The summed E-state index contributed by atoms with van der Waals surface area (Å²) in [6.45, 7) is 6.01. The molecule has 1 amide bonds. The number of pyridine rings is 1. The molecule has 144 valence electrons. The molecule has 1 saturated heterocycles. The molecule has 2 aromatic heterocycles. The molecule has 1 fully saturated rings. The van der Waals surface area contributed by atoms with E-state index in [9.17, 15) is 4.79 Å².